The molecule has 0 aromatic heterocycles. The Kier molecular flexibility index (Phi) is 6.98. The maximum Gasteiger partial charge on any atom is 0.319 e. The van der Waals surface area contributed by atoms with Crippen LogP contribution < -0.4 is 16.0 Å². The second-order valence-electron chi connectivity index (χ2n) is 6.46. The molecule has 0 aliphatic rings. The topological polar surface area (TPSA) is 73.4 Å². The number of rotatable bonds is 7. The van der Waals surface area contributed by atoms with Gasteiger partial charge < -0.3 is 21.1 Å². The molecule has 0 heterocycles. The van der Waals surface area contributed by atoms with Crippen LogP contribution in [0, 0.1) is 0 Å². The molecule has 2 rings (SSSR count). The number of urea groups is 1. The van der Waals surface area contributed by atoms with Crippen molar-refractivity contribution in [1.82, 2.24) is 10.6 Å². The molecule has 0 bridgehead atoms. The van der Waals surface area contributed by atoms with Crippen LogP contribution in [0.25, 0.3) is 0 Å². The van der Waals surface area contributed by atoms with Crippen LogP contribution in [0.3, 0.4) is 0 Å². The minimum atomic E-state index is -0.196. The third-order valence-corrected chi connectivity index (χ3v) is 3.88. The minimum Gasteiger partial charge on any atom is -0.392 e. The Balaban J connectivity index is 1.87. The summed E-state index contributed by atoms with van der Waals surface area (Å²) in [6.45, 7) is 6.72. The quantitative estimate of drug-likeness (QED) is 0.622. The molecule has 2 aromatic carbocycles. The van der Waals surface area contributed by atoms with Gasteiger partial charge in [0.2, 0.25) is 0 Å². The van der Waals surface area contributed by atoms with E-state index in [1.807, 2.05) is 56.3 Å². The maximum atomic E-state index is 11.7. The lowest BCUT2D eigenvalue weighted by atomic mass is 10.1. The number of nitrogens with one attached hydrogen (secondary N) is 3. The summed E-state index contributed by atoms with van der Waals surface area (Å²) in [5, 5.41) is 18.3. The van der Waals surface area contributed by atoms with Gasteiger partial charge >= 0.3 is 6.03 Å². The van der Waals surface area contributed by atoms with Gasteiger partial charge in [-0.05, 0) is 49.6 Å². The number of hydrogen-bond acceptors (Lipinski definition) is 3. The van der Waals surface area contributed by atoms with Gasteiger partial charge in [0, 0.05) is 24.3 Å². The first-order chi connectivity index (χ1) is 12.0. The molecule has 1 unspecified atom stereocenters. The SMILES string of the molecule is CC(C)NC(=O)Nc1ccc(CNC(C)c2cccc(CO)c2)cc1. The summed E-state index contributed by atoms with van der Waals surface area (Å²) < 4.78 is 0. The van der Waals surface area contributed by atoms with Crippen LogP contribution in [0.5, 0.6) is 0 Å². The highest BCUT2D eigenvalue weighted by Crippen LogP contribution is 2.16. The van der Waals surface area contributed by atoms with Crippen molar-refractivity contribution < 1.29 is 9.90 Å². The highest BCUT2D eigenvalue weighted by molar-refractivity contribution is 5.89. The van der Waals surface area contributed by atoms with Crippen LogP contribution >= 0.6 is 0 Å². The Morgan fingerprint density at radius 2 is 1.76 bits per heavy atom. The van der Waals surface area contributed by atoms with Crippen molar-refractivity contribution in [1.29, 1.82) is 0 Å². The van der Waals surface area contributed by atoms with Gasteiger partial charge in [-0.1, -0.05) is 36.4 Å². The molecule has 0 spiro atoms. The molecule has 0 fully saturated rings. The van der Waals surface area contributed by atoms with Gasteiger partial charge in [-0.15, -0.1) is 0 Å². The van der Waals surface area contributed by atoms with Crippen molar-refractivity contribution >= 4 is 11.7 Å². The molecule has 134 valence electrons. The number of anilines is 1. The van der Waals surface area contributed by atoms with Crippen molar-refractivity contribution in [3.05, 3.63) is 65.2 Å². The van der Waals surface area contributed by atoms with Crippen molar-refractivity contribution in [2.45, 2.75) is 46.0 Å². The van der Waals surface area contributed by atoms with Crippen molar-refractivity contribution in [3.63, 3.8) is 0 Å². The fourth-order valence-corrected chi connectivity index (χ4v) is 2.48. The summed E-state index contributed by atoms with van der Waals surface area (Å²) in [6.07, 6.45) is 0. The molecule has 5 heteroatoms. The Morgan fingerprint density at radius 1 is 1.04 bits per heavy atom. The van der Waals surface area contributed by atoms with Crippen molar-refractivity contribution in [3.8, 4) is 0 Å². The van der Waals surface area contributed by atoms with Gasteiger partial charge in [-0.3, -0.25) is 0 Å². The monoisotopic (exact) mass is 341 g/mol. The molecular weight excluding hydrogens is 314 g/mol. The highest BCUT2D eigenvalue weighted by Gasteiger charge is 2.06. The summed E-state index contributed by atoms with van der Waals surface area (Å²) in [5.74, 6) is 0. The van der Waals surface area contributed by atoms with Gasteiger partial charge in [0.1, 0.15) is 0 Å². The molecular formula is C20H27N3O2. The third kappa shape index (κ3) is 6.21. The zero-order valence-corrected chi connectivity index (χ0v) is 15.0. The third-order valence-electron chi connectivity index (χ3n) is 3.88. The Bertz CT molecular complexity index is 684. The Labute approximate surface area is 149 Å². The molecule has 4 N–H and O–H groups in total. The largest absolute Gasteiger partial charge is 0.392 e. The lowest BCUT2D eigenvalue weighted by molar-refractivity contribution is 0.250. The second kappa shape index (κ2) is 9.20. The van der Waals surface area contributed by atoms with Crippen LogP contribution in [0.15, 0.2) is 48.5 Å². The normalized spacial score (nSPS) is 12.0. The maximum absolute atomic E-state index is 11.7. The van der Waals surface area contributed by atoms with Gasteiger partial charge in [0.25, 0.3) is 0 Å². The summed E-state index contributed by atoms with van der Waals surface area (Å²) in [4.78, 5) is 11.7. The zero-order chi connectivity index (χ0) is 18.2. The highest BCUT2D eigenvalue weighted by atomic mass is 16.3. The van der Waals surface area contributed by atoms with Crippen LogP contribution in [0.2, 0.25) is 0 Å². The van der Waals surface area contributed by atoms with E-state index < -0.39 is 0 Å². The zero-order valence-electron chi connectivity index (χ0n) is 15.0. The van der Waals surface area contributed by atoms with E-state index in [1.54, 1.807) is 0 Å². The second-order valence-corrected chi connectivity index (χ2v) is 6.46. The summed E-state index contributed by atoms with van der Waals surface area (Å²) in [6, 6.07) is 15.8. The van der Waals surface area contributed by atoms with Crippen molar-refractivity contribution in [2.75, 3.05) is 5.32 Å². The van der Waals surface area contributed by atoms with E-state index in [2.05, 4.69) is 28.9 Å². The fraction of sp³-hybridized carbons (Fsp3) is 0.350. The average Bonchev–Trinajstić information content (AvgIpc) is 2.60. The first-order valence-electron chi connectivity index (χ1n) is 8.57. The van der Waals surface area contributed by atoms with E-state index in [0.29, 0.717) is 0 Å². The fourth-order valence-electron chi connectivity index (χ4n) is 2.48. The average molecular weight is 341 g/mol. The van der Waals surface area contributed by atoms with Gasteiger partial charge in [-0.25, -0.2) is 4.79 Å². The number of aliphatic hydroxyl groups is 1. The van der Waals surface area contributed by atoms with E-state index in [9.17, 15) is 9.90 Å². The van der Waals surface area contributed by atoms with Crippen LogP contribution in [-0.2, 0) is 13.2 Å². The lowest BCUT2D eigenvalue weighted by Crippen LogP contribution is -2.34. The van der Waals surface area contributed by atoms with Crippen molar-refractivity contribution in [2.24, 2.45) is 0 Å². The predicted octanol–water partition coefficient (Wildman–Crippen LogP) is 3.56. The van der Waals surface area contributed by atoms with Crippen LogP contribution in [0.4, 0.5) is 10.5 Å². The standard InChI is InChI=1S/C20H27N3O2/c1-14(2)22-20(25)23-19-9-7-16(8-10-19)12-21-15(3)18-6-4-5-17(11-18)13-24/h4-11,14-15,21,24H,12-13H2,1-3H3,(H2,22,23,25). The first kappa shape index (κ1) is 19.0. The number of aliphatic hydroxyl groups excluding tert-OH is 1. The smallest absolute Gasteiger partial charge is 0.319 e. The van der Waals surface area contributed by atoms with Gasteiger partial charge in [0.05, 0.1) is 6.61 Å². The Morgan fingerprint density at radius 3 is 2.40 bits per heavy atom. The van der Waals surface area contributed by atoms with Crippen LogP contribution in [-0.4, -0.2) is 17.2 Å². The number of carbonyl (C=O) groups excluding carboxylic acids is 1. The van der Waals surface area contributed by atoms with E-state index in [4.69, 9.17) is 0 Å². The van der Waals surface area contributed by atoms with E-state index in [-0.39, 0.29) is 24.7 Å². The molecule has 2 aromatic rings. The minimum absolute atomic E-state index is 0.0550. The number of benzene rings is 2. The first-order valence-corrected chi connectivity index (χ1v) is 8.57. The van der Waals surface area contributed by atoms with E-state index in [1.165, 1.54) is 0 Å². The van der Waals surface area contributed by atoms with E-state index in [0.717, 1.165) is 28.9 Å². The molecule has 0 aliphatic carbocycles. The van der Waals surface area contributed by atoms with Crippen LogP contribution in [0.1, 0.15) is 43.5 Å². The molecule has 0 saturated heterocycles. The molecule has 0 saturated carbocycles. The number of amides is 2. The van der Waals surface area contributed by atoms with Gasteiger partial charge in [-0.2, -0.15) is 0 Å². The summed E-state index contributed by atoms with van der Waals surface area (Å²) in [5.41, 5.74) is 3.97. The summed E-state index contributed by atoms with van der Waals surface area (Å²) >= 11 is 0. The molecule has 1 atom stereocenters. The van der Waals surface area contributed by atoms with Gasteiger partial charge in [0.15, 0.2) is 0 Å². The number of hydrogen-bond donors (Lipinski definition) is 4. The Hall–Kier alpha value is -2.37. The lowest BCUT2D eigenvalue weighted by Gasteiger charge is -2.15. The molecule has 0 radical (unpaired) electrons. The number of carbonyl (C=O) groups is 1. The molecule has 25 heavy (non-hydrogen) atoms. The summed E-state index contributed by atoms with van der Waals surface area (Å²) in [7, 11) is 0. The predicted molar refractivity (Wildman–Crippen MR) is 101 cm³/mol. The molecule has 0 aliphatic heterocycles. The molecule has 2 amide bonds. The molecule has 5 nitrogen and oxygen atoms in total. The van der Waals surface area contributed by atoms with E-state index >= 15 is 0 Å².